The Hall–Kier alpha value is -1.10. The van der Waals surface area contributed by atoms with Gasteiger partial charge in [-0.1, -0.05) is 0 Å². The van der Waals surface area contributed by atoms with Crippen LogP contribution in [0.2, 0.25) is 0 Å². The highest BCUT2D eigenvalue weighted by Crippen LogP contribution is 2.39. The SMILES string of the molecule is O=C(O)C1CC1C(=O)NC1CCN(C2CC2)CC1. The van der Waals surface area contributed by atoms with Crippen molar-refractivity contribution in [2.24, 2.45) is 11.8 Å². The second-order valence-electron chi connectivity index (χ2n) is 5.84. The predicted molar refractivity (Wildman–Crippen MR) is 65.0 cm³/mol. The number of hydrogen-bond donors (Lipinski definition) is 2. The Balaban J connectivity index is 1.41. The first-order valence-electron chi connectivity index (χ1n) is 6.92. The van der Waals surface area contributed by atoms with Gasteiger partial charge in [-0.25, -0.2) is 0 Å². The van der Waals surface area contributed by atoms with E-state index in [2.05, 4.69) is 10.2 Å². The zero-order chi connectivity index (χ0) is 12.7. The molecule has 5 nitrogen and oxygen atoms in total. The van der Waals surface area contributed by atoms with Crippen LogP contribution >= 0.6 is 0 Å². The molecular weight excluding hydrogens is 232 g/mol. The van der Waals surface area contributed by atoms with E-state index in [0.29, 0.717) is 6.42 Å². The lowest BCUT2D eigenvalue weighted by Gasteiger charge is -2.32. The van der Waals surface area contributed by atoms with E-state index in [9.17, 15) is 9.59 Å². The maximum absolute atomic E-state index is 11.8. The van der Waals surface area contributed by atoms with Gasteiger partial charge in [-0.05, 0) is 32.1 Å². The van der Waals surface area contributed by atoms with Crippen LogP contribution < -0.4 is 5.32 Å². The lowest BCUT2D eigenvalue weighted by molar-refractivity contribution is -0.140. The van der Waals surface area contributed by atoms with E-state index in [-0.39, 0.29) is 17.9 Å². The maximum atomic E-state index is 11.8. The molecule has 2 atom stereocenters. The standard InChI is InChI=1S/C13H20N2O3/c16-12(10-7-11(10)13(17)18)14-8-3-5-15(6-4-8)9-1-2-9/h8-11H,1-7H2,(H,14,16)(H,17,18). The summed E-state index contributed by atoms with van der Waals surface area (Å²) >= 11 is 0. The number of carbonyl (C=O) groups excluding carboxylic acids is 1. The molecule has 0 aromatic rings. The Morgan fingerprint density at radius 3 is 2.22 bits per heavy atom. The van der Waals surface area contributed by atoms with Gasteiger partial charge in [0.15, 0.2) is 0 Å². The third-order valence-electron chi connectivity index (χ3n) is 4.38. The lowest BCUT2D eigenvalue weighted by Crippen LogP contribution is -2.45. The van der Waals surface area contributed by atoms with E-state index in [0.717, 1.165) is 32.0 Å². The highest BCUT2D eigenvalue weighted by Gasteiger charge is 2.48. The van der Waals surface area contributed by atoms with Gasteiger partial charge in [-0.15, -0.1) is 0 Å². The first-order valence-corrected chi connectivity index (χ1v) is 6.92. The number of carboxylic acid groups (broad SMARTS) is 1. The first-order chi connectivity index (χ1) is 8.65. The van der Waals surface area contributed by atoms with E-state index >= 15 is 0 Å². The second kappa shape index (κ2) is 4.53. The summed E-state index contributed by atoms with van der Waals surface area (Å²) in [5.41, 5.74) is 0. The molecule has 5 heteroatoms. The largest absolute Gasteiger partial charge is 0.481 e. The number of nitrogens with one attached hydrogen (secondary N) is 1. The third kappa shape index (κ3) is 2.51. The van der Waals surface area contributed by atoms with Gasteiger partial charge < -0.3 is 15.3 Å². The normalized spacial score (nSPS) is 33.1. The second-order valence-corrected chi connectivity index (χ2v) is 5.84. The van der Waals surface area contributed by atoms with Crippen LogP contribution in [0, 0.1) is 11.8 Å². The fourth-order valence-electron chi connectivity index (χ4n) is 2.91. The summed E-state index contributed by atoms with van der Waals surface area (Å²) in [6.07, 6.45) is 5.19. The van der Waals surface area contributed by atoms with Crippen LogP contribution in [-0.4, -0.2) is 47.1 Å². The molecule has 18 heavy (non-hydrogen) atoms. The van der Waals surface area contributed by atoms with E-state index in [1.165, 1.54) is 12.8 Å². The summed E-state index contributed by atoms with van der Waals surface area (Å²) in [7, 11) is 0. The van der Waals surface area contributed by atoms with E-state index < -0.39 is 11.9 Å². The van der Waals surface area contributed by atoms with Gasteiger partial charge in [0.1, 0.15) is 0 Å². The summed E-state index contributed by atoms with van der Waals surface area (Å²) in [4.78, 5) is 25.0. The molecule has 1 heterocycles. The molecule has 3 fully saturated rings. The van der Waals surface area contributed by atoms with Crippen molar-refractivity contribution in [3.8, 4) is 0 Å². The van der Waals surface area contributed by atoms with Crippen LogP contribution in [0.5, 0.6) is 0 Å². The van der Waals surface area contributed by atoms with Gasteiger partial charge in [0.2, 0.25) is 5.91 Å². The van der Waals surface area contributed by atoms with Crippen LogP contribution in [0.1, 0.15) is 32.1 Å². The van der Waals surface area contributed by atoms with Crippen molar-refractivity contribution in [2.45, 2.75) is 44.2 Å². The molecule has 3 rings (SSSR count). The van der Waals surface area contributed by atoms with E-state index in [1.54, 1.807) is 0 Å². The number of amides is 1. The van der Waals surface area contributed by atoms with Crippen LogP contribution in [0.25, 0.3) is 0 Å². The topological polar surface area (TPSA) is 69.6 Å². The monoisotopic (exact) mass is 252 g/mol. The summed E-state index contributed by atoms with van der Waals surface area (Å²) in [6.45, 7) is 2.14. The average Bonchev–Trinajstić information content (AvgIpc) is 3.22. The molecule has 0 bridgehead atoms. The fraction of sp³-hybridized carbons (Fsp3) is 0.846. The number of likely N-dealkylation sites (tertiary alicyclic amines) is 1. The molecule has 2 aliphatic carbocycles. The minimum Gasteiger partial charge on any atom is -0.481 e. The van der Waals surface area contributed by atoms with Gasteiger partial charge >= 0.3 is 5.97 Å². The Bertz CT molecular complexity index is 359. The molecule has 1 saturated heterocycles. The van der Waals surface area contributed by atoms with Crippen molar-refractivity contribution >= 4 is 11.9 Å². The number of piperidine rings is 1. The number of hydrogen-bond acceptors (Lipinski definition) is 3. The van der Waals surface area contributed by atoms with Crippen molar-refractivity contribution in [3.63, 3.8) is 0 Å². The van der Waals surface area contributed by atoms with Crippen LogP contribution in [0.4, 0.5) is 0 Å². The maximum Gasteiger partial charge on any atom is 0.307 e. The molecule has 2 saturated carbocycles. The number of nitrogens with zero attached hydrogens (tertiary/aromatic N) is 1. The molecule has 0 aromatic carbocycles. The summed E-state index contributed by atoms with van der Waals surface area (Å²) in [5.74, 6) is -1.59. The first kappa shape index (κ1) is 12.0. The zero-order valence-corrected chi connectivity index (χ0v) is 10.5. The fourth-order valence-corrected chi connectivity index (χ4v) is 2.91. The molecule has 0 spiro atoms. The van der Waals surface area contributed by atoms with Crippen LogP contribution in [0.3, 0.4) is 0 Å². The molecule has 100 valence electrons. The van der Waals surface area contributed by atoms with Crippen LogP contribution in [-0.2, 0) is 9.59 Å². The highest BCUT2D eigenvalue weighted by molar-refractivity contribution is 5.89. The van der Waals surface area contributed by atoms with Gasteiger partial charge in [0.25, 0.3) is 0 Å². The molecule has 1 aliphatic heterocycles. The van der Waals surface area contributed by atoms with Gasteiger partial charge in [0, 0.05) is 25.2 Å². The Morgan fingerprint density at radius 1 is 1.06 bits per heavy atom. The molecule has 2 unspecified atom stereocenters. The number of rotatable bonds is 4. The summed E-state index contributed by atoms with van der Waals surface area (Å²) < 4.78 is 0. The van der Waals surface area contributed by atoms with Crippen molar-refractivity contribution in [2.75, 3.05) is 13.1 Å². The van der Waals surface area contributed by atoms with Crippen molar-refractivity contribution in [1.82, 2.24) is 10.2 Å². The predicted octanol–water partition coefficient (Wildman–Crippen LogP) is 0.450. The zero-order valence-electron chi connectivity index (χ0n) is 10.5. The van der Waals surface area contributed by atoms with Crippen molar-refractivity contribution < 1.29 is 14.7 Å². The number of carboxylic acids is 1. The smallest absolute Gasteiger partial charge is 0.307 e. The van der Waals surface area contributed by atoms with Crippen LogP contribution in [0.15, 0.2) is 0 Å². The average molecular weight is 252 g/mol. The van der Waals surface area contributed by atoms with E-state index in [1.807, 2.05) is 0 Å². The molecule has 2 N–H and O–H groups in total. The highest BCUT2D eigenvalue weighted by atomic mass is 16.4. The minimum absolute atomic E-state index is 0.0488. The van der Waals surface area contributed by atoms with Gasteiger partial charge in [0.05, 0.1) is 11.8 Å². The number of carbonyl (C=O) groups is 2. The molecule has 1 amide bonds. The third-order valence-corrected chi connectivity index (χ3v) is 4.38. The molecular formula is C13H20N2O3. The van der Waals surface area contributed by atoms with Gasteiger partial charge in [-0.2, -0.15) is 0 Å². The summed E-state index contributed by atoms with van der Waals surface area (Å²) in [5, 5.41) is 11.8. The van der Waals surface area contributed by atoms with E-state index in [4.69, 9.17) is 5.11 Å². The molecule has 0 aromatic heterocycles. The van der Waals surface area contributed by atoms with Crippen molar-refractivity contribution in [3.05, 3.63) is 0 Å². The van der Waals surface area contributed by atoms with Gasteiger partial charge in [-0.3, -0.25) is 9.59 Å². The lowest BCUT2D eigenvalue weighted by atomic mass is 10.0. The number of aliphatic carboxylic acids is 1. The Kier molecular flexibility index (Phi) is 3.01. The minimum atomic E-state index is -0.835. The Labute approximate surface area is 107 Å². The van der Waals surface area contributed by atoms with Crippen molar-refractivity contribution in [1.29, 1.82) is 0 Å². The molecule has 3 aliphatic rings. The Morgan fingerprint density at radius 2 is 1.72 bits per heavy atom. The summed E-state index contributed by atoms with van der Waals surface area (Å²) in [6, 6.07) is 1.06. The molecule has 0 radical (unpaired) electrons. The quantitative estimate of drug-likeness (QED) is 0.762.